The second-order valence-corrected chi connectivity index (χ2v) is 5.64. The van der Waals surface area contributed by atoms with Gasteiger partial charge in [-0.05, 0) is 36.8 Å². The van der Waals surface area contributed by atoms with E-state index in [-0.39, 0.29) is 5.56 Å². The van der Waals surface area contributed by atoms with Crippen molar-refractivity contribution in [3.8, 4) is 5.75 Å². The maximum Gasteiger partial charge on any atom is 0.335 e. The molecule has 0 bridgehead atoms. The summed E-state index contributed by atoms with van der Waals surface area (Å²) in [5, 5.41) is 9.17. The van der Waals surface area contributed by atoms with Crippen molar-refractivity contribution in [3.05, 3.63) is 59.9 Å². The number of ether oxygens (including phenoxy) is 2. The van der Waals surface area contributed by atoms with E-state index in [9.17, 15) is 4.79 Å². The van der Waals surface area contributed by atoms with Crippen LogP contribution in [0.5, 0.6) is 5.75 Å². The SMILES string of the molecule is COCCCn1c(COc2ccccc2)nc2cc(C(=O)O)ccc21. The van der Waals surface area contributed by atoms with E-state index in [0.29, 0.717) is 18.7 Å². The second-order valence-electron chi connectivity index (χ2n) is 5.64. The molecule has 0 spiro atoms. The number of methoxy groups -OCH3 is 1. The lowest BCUT2D eigenvalue weighted by molar-refractivity contribution is 0.0697. The van der Waals surface area contributed by atoms with E-state index >= 15 is 0 Å². The summed E-state index contributed by atoms with van der Waals surface area (Å²) in [4.78, 5) is 15.8. The van der Waals surface area contributed by atoms with Crippen LogP contribution >= 0.6 is 0 Å². The first kappa shape index (κ1) is 17.0. The number of benzene rings is 2. The number of hydrogen-bond donors (Lipinski definition) is 1. The van der Waals surface area contributed by atoms with Crippen LogP contribution < -0.4 is 4.74 Å². The number of aromatic nitrogens is 2. The number of nitrogens with zero attached hydrogens (tertiary/aromatic N) is 2. The smallest absolute Gasteiger partial charge is 0.335 e. The Labute approximate surface area is 145 Å². The van der Waals surface area contributed by atoms with Gasteiger partial charge in [-0.3, -0.25) is 0 Å². The van der Waals surface area contributed by atoms with Crippen LogP contribution in [0.15, 0.2) is 48.5 Å². The molecule has 3 aromatic rings. The highest BCUT2D eigenvalue weighted by molar-refractivity contribution is 5.92. The number of para-hydroxylation sites is 1. The van der Waals surface area contributed by atoms with Crippen LogP contribution in [0.2, 0.25) is 0 Å². The molecule has 25 heavy (non-hydrogen) atoms. The van der Waals surface area contributed by atoms with Crippen molar-refractivity contribution in [2.24, 2.45) is 0 Å². The van der Waals surface area contributed by atoms with Crippen molar-refractivity contribution in [2.75, 3.05) is 13.7 Å². The Hall–Kier alpha value is -2.86. The summed E-state index contributed by atoms with van der Waals surface area (Å²) in [5.41, 5.74) is 1.78. The van der Waals surface area contributed by atoms with Crippen LogP contribution in [0, 0.1) is 0 Å². The molecule has 0 fully saturated rings. The lowest BCUT2D eigenvalue weighted by atomic mass is 10.2. The molecule has 0 aliphatic rings. The van der Waals surface area contributed by atoms with Gasteiger partial charge in [0.2, 0.25) is 0 Å². The average Bonchev–Trinajstić information content (AvgIpc) is 2.98. The lowest BCUT2D eigenvalue weighted by Crippen LogP contribution is -2.09. The van der Waals surface area contributed by atoms with Crippen molar-refractivity contribution in [1.29, 1.82) is 0 Å². The van der Waals surface area contributed by atoms with Crippen molar-refractivity contribution in [2.45, 2.75) is 19.6 Å². The van der Waals surface area contributed by atoms with Crippen molar-refractivity contribution < 1.29 is 19.4 Å². The van der Waals surface area contributed by atoms with Gasteiger partial charge in [0, 0.05) is 20.3 Å². The Morgan fingerprint density at radius 3 is 2.72 bits per heavy atom. The number of rotatable bonds is 8. The molecule has 2 aromatic carbocycles. The summed E-state index contributed by atoms with van der Waals surface area (Å²) in [6.45, 7) is 1.68. The summed E-state index contributed by atoms with van der Waals surface area (Å²) < 4.78 is 13.0. The monoisotopic (exact) mass is 340 g/mol. The van der Waals surface area contributed by atoms with Gasteiger partial charge < -0.3 is 19.1 Å². The molecule has 1 N–H and O–H groups in total. The third kappa shape index (κ3) is 3.97. The largest absolute Gasteiger partial charge is 0.486 e. The Bertz CT molecular complexity index is 858. The molecule has 6 nitrogen and oxygen atoms in total. The zero-order valence-electron chi connectivity index (χ0n) is 14.0. The van der Waals surface area contributed by atoms with Gasteiger partial charge in [0.05, 0.1) is 16.6 Å². The molecule has 0 atom stereocenters. The molecular formula is C19H20N2O4. The zero-order valence-corrected chi connectivity index (χ0v) is 14.0. The Balaban J connectivity index is 1.90. The van der Waals surface area contributed by atoms with E-state index in [1.165, 1.54) is 0 Å². The lowest BCUT2D eigenvalue weighted by Gasteiger charge is -2.10. The molecule has 0 saturated heterocycles. The minimum atomic E-state index is -0.960. The van der Waals surface area contributed by atoms with Gasteiger partial charge in [-0.1, -0.05) is 18.2 Å². The summed E-state index contributed by atoms with van der Waals surface area (Å²) in [5.74, 6) is 0.569. The fourth-order valence-corrected chi connectivity index (χ4v) is 2.70. The number of hydrogen-bond acceptors (Lipinski definition) is 4. The van der Waals surface area contributed by atoms with E-state index in [1.54, 1.807) is 25.3 Å². The summed E-state index contributed by atoms with van der Waals surface area (Å²) in [6.07, 6.45) is 0.834. The molecule has 6 heteroatoms. The number of aromatic carboxylic acids is 1. The third-order valence-corrected chi connectivity index (χ3v) is 3.92. The molecular weight excluding hydrogens is 320 g/mol. The average molecular weight is 340 g/mol. The second kappa shape index (κ2) is 7.81. The first-order valence-corrected chi connectivity index (χ1v) is 8.08. The fraction of sp³-hybridized carbons (Fsp3) is 0.263. The number of imidazole rings is 1. The van der Waals surface area contributed by atoms with E-state index in [2.05, 4.69) is 9.55 Å². The predicted octanol–water partition coefficient (Wildman–Crippen LogP) is 3.35. The highest BCUT2D eigenvalue weighted by Crippen LogP contribution is 2.20. The predicted molar refractivity (Wildman–Crippen MR) is 94.0 cm³/mol. The molecule has 0 aliphatic carbocycles. The number of aryl methyl sites for hydroxylation is 1. The van der Waals surface area contributed by atoms with Crippen molar-refractivity contribution in [3.63, 3.8) is 0 Å². The number of carboxylic acid groups (broad SMARTS) is 1. The Morgan fingerprint density at radius 1 is 1.20 bits per heavy atom. The molecule has 0 radical (unpaired) electrons. The molecule has 0 aliphatic heterocycles. The minimum absolute atomic E-state index is 0.226. The molecule has 0 unspecified atom stereocenters. The first-order valence-electron chi connectivity index (χ1n) is 8.08. The maximum absolute atomic E-state index is 11.2. The Kier molecular flexibility index (Phi) is 5.30. The van der Waals surface area contributed by atoms with Crippen LogP contribution in [0.3, 0.4) is 0 Å². The Morgan fingerprint density at radius 2 is 2.00 bits per heavy atom. The summed E-state index contributed by atoms with van der Waals surface area (Å²) >= 11 is 0. The summed E-state index contributed by atoms with van der Waals surface area (Å²) in [7, 11) is 1.67. The van der Waals surface area contributed by atoms with E-state index in [4.69, 9.17) is 14.6 Å². The molecule has 0 saturated carbocycles. The molecule has 1 heterocycles. The highest BCUT2D eigenvalue weighted by atomic mass is 16.5. The van der Waals surface area contributed by atoms with Gasteiger partial charge in [-0.2, -0.15) is 0 Å². The van der Waals surface area contributed by atoms with Crippen LogP contribution in [0.4, 0.5) is 0 Å². The van der Waals surface area contributed by atoms with E-state index < -0.39 is 5.97 Å². The fourth-order valence-electron chi connectivity index (χ4n) is 2.70. The van der Waals surface area contributed by atoms with Crippen molar-refractivity contribution in [1.82, 2.24) is 9.55 Å². The first-order chi connectivity index (χ1) is 12.2. The van der Waals surface area contributed by atoms with Crippen LogP contribution in [0.25, 0.3) is 11.0 Å². The number of carboxylic acids is 1. The summed E-state index contributed by atoms with van der Waals surface area (Å²) in [6, 6.07) is 14.5. The van der Waals surface area contributed by atoms with E-state index in [1.807, 2.05) is 30.3 Å². The molecule has 0 amide bonds. The zero-order chi connectivity index (χ0) is 17.6. The minimum Gasteiger partial charge on any atom is -0.486 e. The maximum atomic E-state index is 11.2. The topological polar surface area (TPSA) is 73.6 Å². The van der Waals surface area contributed by atoms with Gasteiger partial charge in [-0.15, -0.1) is 0 Å². The number of carbonyl (C=O) groups is 1. The molecule has 130 valence electrons. The standard InChI is InChI=1S/C19H20N2O4/c1-24-11-5-10-21-17-9-8-14(19(22)23)12-16(17)20-18(21)13-25-15-6-3-2-4-7-15/h2-4,6-9,12H,5,10-11,13H2,1H3,(H,22,23). The molecule has 1 aromatic heterocycles. The van der Waals surface area contributed by atoms with E-state index in [0.717, 1.165) is 30.1 Å². The normalized spacial score (nSPS) is 10.9. The van der Waals surface area contributed by atoms with Crippen LogP contribution in [0.1, 0.15) is 22.6 Å². The quantitative estimate of drug-likeness (QED) is 0.637. The van der Waals surface area contributed by atoms with Gasteiger partial charge >= 0.3 is 5.97 Å². The third-order valence-electron chi connectivity index (χ3n) is 3.92. The van der Waals surface area contributed by atoms with Gasteiger partial charge in [-0.25, -0.2) is 9.78 Å². The number of fused-ring (bicyclic) bond motifs is 1. The van der Waals surface area contributed by atoms with Crippen LogP contribution in [-0.2, 0) is 17.9 Å². The highest BCUT2D eigenvalue weighted by Gasteiger charge is 2.13. The van der Waals surface area contributed by atoms with Gasteiger partial charge in [0.1, 0.15) is 18.2 Å². The van der Waals surface area contributed by atoms with Crippen molar-refractivity contribution >= 4 is 17.0 Å². The van der Waals surface area contributed by atoms with Gasteiger partial charge in [0.25, 0.3) is 0 Å². The van der Waals surface area contributed by atoms with Gasteiger partial charge in [0.15, 0.2) is 0 Å². The molecule has 3 rings (SSSR count). The van der Waals surface area contributed by atoms with Crippen LogP contribution in [-0.4, -0.2) is 34.3 Å².